The lowest BCUT2D eigenvalue weighted by atomic mass is 9.96. The molecule has 0 radical (unpaired) electrons. The van der Waals surface area contributed by atoms with Crippen LogP contribution in [0.25, 0.3) is 0 Å². The van der Waals surface area contributed by atoms with Gasteiger partial charge in [-0.05, 0) is 43.4 Å². The van der Waals surface area contributed by atoms with Gasteiger partial charge in [0.25, 0.3) is 5.91 Å². The first-order valence-corrected chi connectivity index (χ1v) is 6.52. The minimum absolute atomic E-state index is 0.152. The molecule has 2 fully saturated rings. The molecule has 1 aliphatic heterocycles. The van der Waals surface area contributed by atoms with Crippen molar-refractivity contribution in [2.24, 2.45) is 11.7 Å². The summed E-state index contributed by atoms with van der Waals surface area (Å²) in [5.41, 5.74) is 6.38. The minimum atomic E-state index is -0.733. The van der Waals surface area contributed by atoms with Crippen LogP contribution >= 0.6 is 0 Å². The van der Waals surface area contributed by atoms with E-state index in [9.17, 15) is 9.59 Å². The Balaban J connectivity index is 1.91. The van der Waals surface area contributed by atoms with Gasteiger partial charge in [0, 0.05) is 6.54 Å². The summed E-state index contributed by atoms with van der Waals surface area (Å²) in [5.74, 6) is 0.123. The van der Waals surface area contributed by atoms with Gasteiger partial charge in [-0.3, -0.25) is 4.79 Å². The highest BCUT2D eigenvalue weighted by molar-refractivity contribution is 6.23. The molecule has 1 saturated carbocycles. The molecule has 0 spiro atoms. The SMILES string of the molecule is C[C@@]1(C2CC2)NC(=O)N(c2ccc(CN)cc2)C1=O. The van der Waals surface area contributed by atoms with E-state index in [2.05, 4.69) is 5.32 Å². The Morgan fingerprint density at radius 1 is 1.32 bits per heavy atom. The van der Waals surface area contributed by atoms with Crippen molar-refractivity contribution in [2.75, 3.05) is 4.90 Å². The summed E-state index contributed by atoms with van der Waals surface area (Å²) < 4.78 is 0. The zero-order chi connectivity index (χ0) is 13.6. The van der Waals surface area contributed by atoms with Gasteiger partial charge in [-0.2, -0.15) is 0 Å². The molecule has 0 bridgehead atoms. The molecule has 5 nitrogen and oxygen atoms in total. The average Bonchev–Trinajstić information content (AvgIpc) is 3.21. The zero-order valence-corrected chi connectivity index (χ0v) is 10.8. The zero-order valence-electron chi connectivity index (χ0n) is 10.8. The number of urea groups is 1. The first-order valence-electron chi connectivity index (χ1n) is 6.52. The molecule has 1 atom stereocenters. The van der Waals surface area contributed by atoms with Crippen LogP contribution in [-0.2, 0) is 11.3 Å². The summed E-state index contributed by atoms with van der Waals surface area (Å²) >= 11 is 0. The molecule has 3 amide bonds. The summed E-state index contributed by atoms with van der Waals surface area (Å²) in [6.45, 7) is 2.26. The lowest BCUT2D eigenvalue weighted by molar-refractivity contribution is -0.122. The standard InChI is InChI=1S/C14H17N3O2/c1-14(10-4-5-10)12(18)17(13(19)16-14)11-6-2-9(8-15)3-7-11/h2-3,6-7,10H,4-5,8,15H2,1H3,(H,16,19)/t14-/m0/s1. The van der Waals surface area contributed by atoms with E-state index in [4.69, 9.17) is 5.73 Å². The van der Waals surface area contributed by atoms with Crippen molar-refractivity contribution in [1.29, 1.82) is 0 Å². The maximum atomic E-state index is 12.5. The van der Waals surface area contributed by atoms with Gasteiger partial charge < -0.3 is 11.1 Å². The number of benzene rings is 1. The average molecular weight is 259 g/mol. The van der Waals surface area contributed by atoms with E-state index >= 15 is 0 Å². The number of carbonyl (C=O) groups is 2. The maximum absolute atomic E-state index is 12.5. The Hall–Kier alpha value is -1.88. The van der Waals surface area contributed by atoms with Crippen LogP contribution in [-0.4, -0.2) is 17.5 Å². The number of imide groups is 1. The fourth-order valence-electron chi connectivity index (χ4n) is 2.61. The molecule has 3 rings (SSSR count). The summed E-state index contributed by atoms with van der Waals surface area (Å²) in [6.07, 6.45) is 2.00. The van der Waals surface area contributed by atoms with Crippen LogP contribution in [0.1, 0.15) is 25.3 Å². The third kappa shape index (κ3) is 1.81. The summed E-state index contributed by atoms with van der Waals surface area (Å²) in [6, 6.07) is 6.86. The Morgan fingerprint density at radius 3 is 2.47 bits per heavy atom. The second-order valence-electron chi connectivity index (χ2n) is 5.42. The van der Waals surface area contributed by atoms with Crippen molar-refractivity contribution < 1.29 is 9.59 Å². The van der Waals surface area contributed by atoms with E-state index in [0.717, 1.165) is 18.4 Å². The summed E-state index contributed by atoms with van der Waals surface area (Å²) in [5, 5.41) is 2.83. The van der Waals surface area contributed by atoms with Crippen LogP contribution in [0, 0.1) is 5.92 Å². The molecule has 1 heterocycles. The van der Waals surface area contributed by atoms with Crippen molar-refractivity contribution in [3.63, 3.8) is 0 Å². The van der Waals surface area contributed by atoms with Crippen molar-refractivity contribution in [3.8, 4) is 0 Å². The van der Waals surface area contributed by atoms with Crippen molar-refractivity contribution in [1.82, 2.24) is 5.32 Å². The molecule has 3 N–H and O–H groups in total. The van der Waals surface area contributed by atoms with Gasteiger partial charge >= 0.3 is 6.03 Å². The van der Waals surface area contributed by atoms with Crippen molar-refractivity contribution in [3.05, 3.63) is 29.8 Å². The van der Waals surface area contributed by atoms with Gasteiger partial charge in [0.15, 0.2) is 0 Å². The maximum Gasteiger partial charge on any atom is 0.329 e. The van der Waals surface area contributed by atoms with Crippen LogP contribution in [0.5, 0.6) is 0 Å². The van der Waals surface area contributed by atoms with Crippen LogP contribution in [0.3, 0.4) is 0 Å². The Morgan fingerprint density at radius 2 is 1.95 bits per heavy atom. The highest BCUT2D eigenvalue weighted by Crippen LogP contribution is 2.43. The molecule has 19 heavy (non-hydrogen) atoms. The number of amides is 3. The highest BCUT2D eigenvalue weighted by Gasteiger charge is 2.56. The largest absolute Gasteiger partial charge is 0.329 e. The van der Waals surface area contributed by atoms with E-state index in [0.29, 0.717) is 12.2 Å². The van der Waals surface area contributed by atoms with Gasteiger partial charge in [-0.15, -0.1) is 0 Å². The quantitative estimate of drug-likeness (QED) is 0.805. The van der Waals surface area contributed by atoms with E-state index in [-0.39, 0.29) is 17.9 Å². The van der Waals surface area contributed by atoms with Crippen LogP contribution in [0.4, 0.5) is 10.5 Å². The third-order valence-corrected chi connectivity index (χ3v) is 4.04. The smallest absolute Gasteiger partial charge is 0.326 e. The first kappa shape index (κ1) is 12.2. The van der Waals surface area contributed by atoms with E-state index < -0.39 is 5.54 Å². The summed E-state index contributed by atoms with van der Waals surface area (Å²) in [4.78, 5) is 25.8. The topological polar surface area (TPSA) is 75.4 Å². The van der Waals surface area contributed by atoms with Crippen LogP contribution in [0.15, 0.2) is 24.3 Å². The molecule has 2 aliphatic rings. The fraction of sp³-hybridized carbons (Fsp3) is 0.429. The minimum Gasteiger partial charge on any atom is -0.326 e. The molecule has 1 aliphatic carbocycles. The number of nitrogens with two attached hydrogens (primary N) is 1. The summed E-state index contributed by atoms with van der Waals surface area (Å²) in [7, 11) is 0. The number of anilines is 1. The normalized spacial score (nSPS) is 26.7. The Bertz CT molecular complexity index is 536. The van der Waals surface area contributed by atoms with Gasteiger partial charge in [-0.1, -0.05) is 12.1 Å². The highest BCUT2D eigenvalue weighted by atomic mass is 16.2. The molecular formula is C14H17N3O2. The molecule has 100 valence electrons. The molecule has 0 unspecified atom stereocenters. The monoisotopic (exact) mass is 259 g/mol. The van der Waals surface area contributed by atoms with Gasteiger partial charge in [0.05, 0.1) is 5.69 Å². The number of hydrogen-bond acceptors (Lipinski definition) is 3. The molecule has 1 aromatic carbocycles. The van der Waals surface area contributed by atoms with E-state index in [1.807, 2.05) is 19.1 Å². The Kier molecular flexibility index (Phi) is 2.60. The second kappa shape index (κ2) is 4.06. The van der Waals surface area contributed by atoms with E-state index in [1.165, 1.54) is 4.90 Å². The second-order valence-corrected chi connectivity index (χ2v) is 5.42. The van der Waals surface area contributed by atoms with Crippen molar-refractivity contribution in [2.45, 2.75) is 31.8 Å². The van der Waals surface area contributed by atoms with Crippen LogP contribution in [0.2, 0.25) is 0 Å². The molecule has 0 aromatic heterocycles. The van der Waals surface area contributed by atoms with Crippen LogP contribution < -0.4 is 16.0 Å². The molecule has 5 heteroatoms. The molecule has 1 aromatic rings. The fourth-order valence-corrected chi connectivity index (χ4v) is 2.61. The molecular weight excluding hydrogens is 242 g/mol. The third-order valence-electron chi connectivity index (χ3n) is 4.04. The number of nitrogens with zero attached hydrogens (tertiary/aromatic N) is 1. The Labute approximate surface area is 111 Å². The molecule has 1 saturated heterocycles. The van der Waals surface area contributed by atoms with Gasteiger partial charge in [0.2, 0.25) is 0 Å². The lowest BCUT2D eigenvalue weighted by Gasteiger charge is -2.21. The number of hydrogen-bond donors (Lipinski definition) is 2. The van der Waals surface area contributed by atoms with Gasteiger partial charge in [-0.25, -0.2) is 9.69 Å². The number of carbonyl (C=O) groups excluding carboxylic acids is 2. The lowest BCUT2D eigenvalue weighted by Crippen LogP contribution is -2.46. The van der Waals surface area contributed by atoms with E-state index in [1.54, 1.807) is 12.1 Å². The predicted octanol–water partition coefficient (Wildman–Crippen LogP) is 1.37. The predicted molar refractivity (Wildman–Crippen MR) is 71.5 cm³/mol. The number of rotatable bonds is 3. The van der Waals surface area contributed by atoms with Crippen molar-refractivity contribution >= 4 is 17.6 Å². The number of nitrogens with one attached hydrogen (secondary N) is 1. The first-order chi connectivity index (χ1) is 9.06. The van der Waals surface area contributed by atoms with Gasteiger partial charge in [0.1, 0.15) is 5.54 Å².